The zero-order chi connectivity index (χ0) is 16.4. The summed E-state index contributed by atoms with van der Waals surface area (Å²) < 4.78 is 6.95. The van der Waals surface area contributed by atoms with Gasteiger partial charge in [-0.1, -0.05) is 0 Å². The number of rotatable bonds is 3. The van der Waals surface area contributed by atoms with E-state index < -0.39 is 0 Å². The number of amides is 1. The van der Waals surface area contributed by atoms with Crippen LogP contribution in [-0.2, 0) is 28.9 Å². The van der Waals surface area contributed by atoms with Crippen LogP contribution in [0.3, 0.4) is 0 Å². The fourth-order valence-electron chi connectivity index (χ4n) is 3.48. The Morgan fingerprint density at radius 3 is 3.00 bits per heavy atom. The van der Waals surface area contributed by atoms with Gasteiger partial charge >= 0.3 is 0 Å². The summed E-state index contributed by atoms with van der Waals surface area (Å²) in [7, 11) is 0. The Hall–Kier alpha value is -1.69. The molecule has 1 saturated heterocycles. The molecule has 1 amide bonds. The fourth-order valence-corrected chi connectivity index (χ4v) is 3.48. The normalized spacial score (nSPS) is 23.1. The highest BCUT2D eigenvalue weighted by Crippen LogP contribution is 2.23. The molecule has 3 rings (SSSR count). The maximum absolute atomic E-state index is 12.3. The minimum Gasteiger partial charge on any atom is -0.375 e. The molecule has 0 spiro atoms. The highest BCUT2D eigenvalue weighted by molar-refractivity contribution is 5.75. The summed E-state index contributed by atoms with van der Waals surface area (Å²) in [4.78, 5) is 24.4. The number of nitrogens with one attached hydrogen (secondary N) is 1. The van der Waals surface area contributed by atoms with E-state index in [1.165, 1.54) is 4.68 Å². The lowest BCUT2D eigenvalue weighted by Gasteiger charge is -2.35. The summed E-state index contributed by atoms with van der Waals surface area (Å²) in [6, 6.07) is 1.74. The van der Waals surface area contributed by atoms with Crippen molar-refractivity contribution in [1.29, 1.82) is 0 Å². The molecule has 1 aliphatic carbocycles. The molecule has 0 saturated carbocycles. The molecule has 0 bridgehead atoms. The van der Waals surface area contributed by atoms with Crippen molar-refractivity contribution in [3.63, 3.8) is 0 Å². The van der Waals surface area contributed by atoms with E-state index >= 15 is 0 Å². The molecule has 2 heterocycles. The van der Waals surface area contributed by atoms with Gasteiger partial charge in [0.15, 0.2) is 0 Å². The second-order valence-electron chi connectivity index (χ2n) is 7.18. The lowest BCUT2D eigenvalue weighted by molar-refractivity contribution is -0.124. The number of carbonyl (C=O) groups excluding carboxylic acids is 1. The maximum Gasteiger partial charge on any atom is 0.267 e. The van der Waals surface area contributed by atoms with Crippen LogP contribution in [0.25, 0.3) is 0 Å². The van der Waals surface area contributed by atoms with Crippen LogP contribution < -0.4 is 10.9 Å². The second-order valence-corrected chi connectivity index (χ2v) is 7.18. The molecule has 23 heavy (non-hydrogen) atoms. The molecule has 1 atom stereocenters. The Morgan fingerprint density at radius 1 is 1.43 bits per heavy atom. The Morgan fingerprint density at radius 2 is 2.22 bits per heavy atom. The van der Waals surface area contributed by atoms with Gasteiger partial charge in [0.2, 0.25) is 5.91 Å². The van der Waals surface area contributed by atoms with E-state index in [4.69, 9.17) is 4.74 Å². The van der Waals surface area contributed by atoms with Gasteiger partial charge in [-0.05, 0) is 57.9 Å². The van der Waals surface area contributed by atoms with Crippen molar-refractivity contribution in [2.75, 3.05) is 6.61 Å². The van der Waals surface area contributed by atoms with Crippen molar-refractivity contribution >= 4 is 5.91 Å². The highest BCUT2D eigenvalue weighted by Gasteiger charge is 2.29. The van der Waals surface area contributed by atoms with Gasteiger partial charge in [0.25, 0.3) is 5.56 Å². The van der Waals surface area contributed by atoms with Crippen molar-refractivity contribution in [2.45, 2.75) is 70.6 Å². The molecule has 6 nitrogen and oxygen atoms in total. The Balaban J connectivity index is 1.65. The van der Waals surface area contributed by atoms with Gasteiger partial charge in [0, 0.05) is 18.7 Å². The van der Waals surface area contributed by atoms with E-state index in [1.54, 1.807) is 6.07 Å². The number of nitrogens with zero attached hydrogens (tertiary/aromatic N) is 2. The van der Waals surface area contributed by atoms with Gasteiger partial charge in [-0.15, -0.1) is 0 Å². The van der Waals surface area contributed by atoms with Crippen LogP contribution in [0.4, 0.5) is 0 Å². The summed E-state index contributed by atoms with van der Waals surface area (Å²) >= 11 is 0. The predicted octanol–water partition coefficient (Wildman–Crippen LogP) is 1.20. The summed E-state index contributed by atoms with van der Waals surface area (Å²) in [5.74, 6) is -0.155. The van der Waals surface area contributed by atoms with Crippen molar-refractivity contribution < 1.29 is 9.53 Å². The fraction of sp³-hybridized carbons (Fsp3) is 0.706. The largest absolute Gasteiger partial charge is 0.375 e. The number of hydrogen-bond acceptors (Lipinski definition) is 4. The van der Waals surface area contributed by atoms with E-state index in [9.17, 15) is 9.59 Å². The quantitative estimate of drug-likeness (QED) is 0.908. The molecule has 1 fully saturated rings. The maximum atomic E-state index is 12.3. The van der Waals surface area contributed by atoms with E-state index in [0.29, 0.717) is 6.61 Å². The lowest BCUT2D eigenvalue weighted by Crippen LogP contribution is -2.47. The second kappa shape index (κ2) is 6.43. The van der Waals surface area contributed by atoms with E-state index in [-0.39, 0.29) is 29.7 Å². The first-order valence-electron chi connectivity index (χ1n) is 8.46. The smallest absolute Gasteiger partial charge is 0.267 e. The molecule has 0 aromatic carbocycles. The Kier molecular flexibility index (Phi) is 4.53. The van der Waals surface area contributed by atoms with Gasteiger partial charge in [0.1, 0.15) is 6.54 Å². The monoisotopic (exact) mass is 319 g/mol. The van der Waals surface area contributed by atoms with Gasteiger partial charge in [0.05, 0.1) is 11.3 Å². The first-order chi connectivity index (χ1) is 10.9. The van der Waals surface area contributed by atoms with Crippen molar-refractivity contribution in [1.82, 2.24) is 15.1 Å². The van der Waals surface area contributed by atoms with Crippen molar-refractivity contribution in [3.8, 4) is 0 Å². The van der Waals surface area contributed by atoms with E-state index in [2.05, 4.69) is 10.4 Å². The zero-order valence-electron chi connectivity index (χ0n) is 13.9. The van der Waals surface area contributed by atoms with Crippen LogP contribution >= 0.6 is 0 Å². The van der Waals surface area contributed by atoms with Crippen molar-refractivity contribution in [2.24, 2.45) is 0 Å². The van der Waals surface area contributed by atoms with Crippen LogP contribution in [0.2, 0.25) is 0 Å². The van der Waals surface area contributed by atoms with Crippen LogP contribution in [0.1, 0.15) is 50.8 Å². The minimum absolute atomic E-state index is 0.0100. The standard InChI is InChI=1S/C17H25N3O3/c1-17(2)10-13(7-8-23-17)18-15(21)11-20-16(22)9-12-5-3-4-6-14(12)19-20/h9,13H,3-8,10-11H2,1-2H3,(H,18,21)/t13-/m0/s1. The molecule has 2 aliphatic rings. The number of aromatic nitrogens is 2. The summed E-state index contributed by atoms with van der Waals surface area (Å²) in [5.41, 5.74) is 1.62. The van der Waals surface area contributed by atoms with Gasteiger partial charge in [-0.25, -0.2) is 4.68 Å². The topological polar surface area (TPSA) is 73.2 Å². The molecular formula is C17H25N3O3. The number of fused-ring (bicyclic) bond motifs is 1. The highest BCUT2D eigenvalue weighted by atomic mass is 16.5. The van der Waals surface area contributed by atoms with Crippen LogP contribution in [-0.4, -0.2) is 33.9 Å². The average Bonchev–Trinajstić information content (AvgIpc) is 2.47. The Bertz CT molecular complexity index is 651. The third-order valence-corrected chi connectivity index (χ3v) is 4.63. The lowest BCUT2D eigenvalue weighted by atomic mass is 9.94. The van der Waals surface area contributed by atoms with E-state index in [0.717, 1.165) is 49.8 Å². The third-order valence-electron chi connectivity index (χ3n) is 4.63. The summed E-state index contributed by atoms with van der Waals surface area (Å²) in [6.07, 6.45) is 5.61. The van der Waals surface area contributed by atoms with Crippen molar-refractivity contribution in [3.05, 3.63) is 27.7 Å². The molecular weight excluding hydrogens is 294 g/mol. The number of aryl methyl sites for hydroxylation is 2. The Labute approximate surface area is 136 Å². The summed E-state index contributed by atoms with van der Waals surface area (Å²) in [6.45, 7) is 4.70. The molecule has 126 valence electrons. The first-order valence-corrected chi connectivity index (χ1v) is 8.46. The molecule has 0 radical (unpaired) electrons. The SMILES string of the molecule is CC1(C)C[C@@H](NC(=O)Cn2nc3c(cc2=O)CCCC3)CCO1. The zero-order valence-corrected chi connectivity index (χ0v) is 13.9. The number of ether oxygens (including phenoxy) is 1. The molecule has 1 aromatic rings. The van der Waals surface area contributed by atoms with Crippen LogP contribution in [0.5, 0.6) is 0 Å². The number of hydrogen-bond donors (Lipinski definition) is 1. The molecule has 1 aliphatic heterocycles. The first kappa shape index (κ1) is 16.2. The molecule has 1 N–H and O–H groups in total. The molecule has 6 heteroatoms. The van der Waals surface area contributed by atoms with Crippen LogP contribution in [0, 0.1) is 0 Å². The van der Waals surface area contributed by atoms with Crippen LogP contribution in [0.15, 0.2) is 10.9 Å². The average molecular weight is 319 g/mol. The van der Waals surface area contributed by atoms with Gasteiger partial charge in [-0.2, -0.15) is 5.10 Å². The third kappa shape index (κ3) is 3.99. The molecule has 0 unspecified atom stereocenters. The minimum atomic E-state index is -0.211. The summed E-state index contributed by atoms with van der Waals surface area (Å²) in [5, 5.41) is 7.40. The number of carbonyl (C=O) groups is 1. The van der Waals surface area contributed by atoms with Gasteiger partial charge < -0.3 is 10.1 Å². The van der Waals surface area contributed by atoms with E-state index in [1.807, 2.05) is 13.8 Å². The van der Waals surface area contributed by atoms with Gasteiger partial charge in [-0.3, -0.25) is 9.59 Å². The predicted molar refractivity (Wildman–Crippen MR) is 86.3 cm³/mol. The molecule has 1 aromatic heterocycles.